The number of benzene rings is 1. The van der Waals surface area contributed by atoms with Crippen molar-refractivity contribution >= 4 is 17.3 Å². The van der Waals surface area contributed by atoms with E-state index in [9.17, 15) is 4.79 Å². The van der Waals surface area contributed by atoms with E-state index in [0.29, 0.717) is 25.1 Å². The molecule has 0 atom stereocenters. The molecular weight excluding hydrogens is 276 g/mol. The highest BCUT2D eigenvalue weighted by Crippen LogP contribution is 2.43. The van der Waals surface area contributed by atoms with E-state index in [2.05, 4.69) is 6.92 Å². The van der Waals surface area contributed by atoms with E-state index >= 15 is 0 Å². The van der Waals surface area contributed by atoms with Crippen LogP contribution in [0.15, 0.2) is 18.2 Å². The van der Waals surface area contributed by atoms with E-state index in [-0.39, 0.29) is 5.91 Å². The van der Waals surface area contributed by atoms with Crippen LogP contribution in [0.1, 0.15) is 59.3 Å². The number of para-hydroxylation sites is 1. The first-order valence-electron chi connectivity index (χ1n) is 8.49. The average molecular weight is 304 g/mol. The molecule has 1 aromatic carbocycles. The van der Waals surface area contributed by atoms with Crippen molar-refractivity contribution in [3.05, 3.63) is 18.2 Å². The van der Waals surface area contributed by atoms with Crippen LogP contribution in [0.2, 0.25) is 0 Å². The monoisotopic (exact) mass is 304 g/mol. The van der Waals surface area contributed by atoms with E-state index in [0.717, 1.165) is 24.3 Å². The molecule has 1 heterocycles. The highest BCUT2D eigenvalue weighted by molar-refractivity contribution is 6.05. The second kappa shape index (κ2) is 7.03. The molecule has 2 N–H and O–H groups in total. The van der Waals surface area contributed by atoms with Crippen molar-refractivity contribution in [1.82, 2.24) is 0 Å². The number of anilines is 2. The number of nitrogen functional groups attached to an aromatic ring is 1. The van der Waals surface area contributed by atoms with Gasteiger partial charge in [-0.1, -0.05) is 46.1 Å². The number of nitrogens with zero attached hydrogens (tertiary/aromatic N) is 1. The third-order valence-corrected chi connectivity index (χ3v) is 4.62. The molecule has 0 aromatic heterocycles. The van der Waals surface area contributed by atoms with Crippen LogP contribution in [-0.4, -0.2) is 18.1 Å². The zero-order valence-corrected chi connectivity index (χ0v) is 14.0. The van der Waals surface area contributed by atoms with Gasteiger partial charge in [0.15, 0.2) is 5.60 Å². The summed E-state index contributed by atoms with van der Waals surface area (Å²) in [6, 6.07) is 5.63. The lowest BCUT2D eigenvalue weighted by atomic mass is 9.92. The van der Waals surface area contributed by atoms with Crippen LogP contribution in [0.25, 0.3) is 0 Å². The molecule has 0 saturated carbocycles. The Morgan fingerprint density at radius 1 is 1.14 bits per heavy atom. The fourth-order valence-electron chi connectivity index (χ4n) is 3.12. The molecule has 0 fully saturated rings. The first-order valence-corrected chi connectivity index (χ1v) is 8.49. The van der Waals surface area contributed by atoms with Crippen LogP contribution >= 0.6 is 0 Å². The van der Waals surface area contributed by atoms with Crippen LogP contribution in [0.4, 0.5) is 11.4 Å². The summed E-state index contributed by atoms with van der Waals surface area (Å²) in [4.78, 5) is 14.9. The van der Waals surface area contributed by atoms with Crippen LogP contribution in [0, 0.1) is 0 Å². The van der Waals surface area contributed by atoms with E-state index in [4.69, 9.17) is 10.5 Å². The average Bonchev–Trinajstić information content (AvgIpc) is 2.53. The lowest BCUT2D eigenvalue weighted by Crippen LogP contribution is -2.56. The zero-order valence-electron chi connectivity index (χ0n) is 14.0. The van der Waals surface area contributed by atoms with E-state index in [1.54, 1.807) is 0 Å². The van der Waals surface area contributed by atoms with Gasteiger partial charge in [-0.3, -0.25) is 4.79 Å². The van der Waals surface area contributed by atoms with Gasteiger partial charge in [0.1, 0.15) is 11.4 Å². The summed E-state index contributed by atoms with van der Waals surface area (Å²) in [6.07, 6.45) is 5.85. The van der Waals surface area contributed by atoms with Crippen LogP contribution in [-0.2, 0) is 4.79 Å². The maximum Gasteiger partial charge on any atom is 0.271 e. The Balaban J connectivity index is 2.34. The van der Waals surface area contributed by atoms with E-state index in [1.807, 2.05) is 36.9 Å². The van der Waals surface area contributed by atoms with Gasteiger partial charge >= 0.3 is 0 Å². The van der Waals surface area contributed by atoms with Crippen molar-refractivity contribution in [1.29, 1.82) is 0 Å². The summed E-state index contributed by atoms with van der Waals surface area (Å²) < 4.78 is 6.10. The molecule has 0 radical (unpaired) electrons. The third-order valence-electron chi connectivity index (χ3n) is 4.62. The molecular formula is C18H28N2O2. The Kier molecular flexibility index (Phi) is 5.33. The Hall–Kier alpha value is -1.71. The second-order valence-electron chi connectivity index (χ2n) is 6.01. The number of fused-ring (bicyclic) bond motifs is 1. The van der Waals surface area contributed by atoms with Gasteiger partial charge in [0, 0.05) is 6.54 Å². The van der Waals surface area contributed by atoms with Crippen molar-refractivity contribution < 1.29 is 9.53 Å². The summed E-state index contributed by atoms with van der Waals surface area (Å²) in [7, 11) is 0. The lowest BCUT2D eigenvalue weighted by Gasteiger charge is -2.42. The summed E-state index contributed by atoms with van der Waals surface area (Å²) in [5.74, 6) is 0.790. The number of nitrogens with two attached hydrogens (primary N) is 1. The molecule has 0 aliphatic carbocycles. The van der Waals surface area contributed by atoms with Crippen LogP contribution in [0.5, 0.6) is 5.75 Å². The Morgan fingerprint density at radius 3 is 2.50 bits per heavy atom. The smallest absolute Gasteiger partial charge is 0.271 e. The summed E-state index contributed by atoms with van der Waals surface area (Å²) >= 11 is 0. The minimum atomic E-state index is -0.744. The van der Waals surface area contributed by atoms with Crippen molar-refractivity contribution in [2.75, 3.05) is 17.2 Å². The predicted molar refractivity (Wildman–Crippen MR) is 91.3 cm³/mol. The Bertz CT molecular complexity index is 524. The minimum Gasteiger partial charge on any atom is -0.475 e. The fraction of sp³-hybridized carbons (Fsp3) is 0.611. The topological polar surface area (TPSA) is 55.6 Å². The number of hydrogen-bond donors (Lipinski definition) is 1. The molecule has 2 rings (SSSR count). The van der Waals surface area contributed by atoms with Gasteiger partial charge in [0.05, 0.1) is 5.69 Å². The molecule has 4 nitrogen and oxygen atoms in total. The maximum absolute atomic E-state index is 13.0. The lowest BCUT2D eigenvalue weighted by molar-refractivity contribution is -0.136. The molecule has 1 amide bonds. The Labute approximate surface area is 133 Å². The summed E-state index contributed by atoms with van der Waals surface area (Å²) in [5.41, 5.74) is 6.74. The second-order valence-corrected chi connectivity index (χ2v) is 6.01. The highest BCUT2D eigenvalue weighted by Gasteiger charge is 2.46. The number of carbonyl (C=O) groups is 1. The SMILES string of the molecule is CCCCCCN1C(=O)C(CC)(CC)Oc2cccc(N)c21. The molecule has 0 bridgehead atoms. The summed E-state index contributed by atoms with van der Waals surface area (Å²) in [5, 5.41) is 0. The minimum absolute atomic E-state index is 0.0550. The Morgan fingerprint density at radius 2 is 1.86 bits per heavy atom. The predicted octanol–water partition coefficient (Wildman–Crippen LogP) is 4.13. The van der Waals surface area contributed by atoms with E-state index < -0.39 is 5.60 Å². The van der Waals surface area contributed by atoms with Gasteiger partial charge in [-0.25, -0.2) is 0 Å². The van der Waals surface area contributed by atoms with Gasteiger partial charge in [-0.2, -0.15) is 0 Å². The summed E-state index contributed by atoms with van der Waals surface area (Å²) in [6.45, 7) is 6.92. The van der Waals surface area contributed by atoms with Gasteiger partial charge in [0.2, 0.25) is 0 Å². The van der Waals surface area contributed by atoms with Gasteiger partial charge in [0.25, 0.3) is 5.91 Å². The number of amides is 1. The number of unbranched alkanes of at least 4 members (excludes halogenated alkanes) is 3. The number of rotatable bonds is 7. The molecule has 0 saturated heterocycles. The van der Waals surface area contributed by atoms with Crippen molar-refractivity contribution in [3.8, 4) is 5.75 Å². The first kappa shape index (κ1) is 16.7. The van der Waals surface area contributed by atoms with Crippen LogP contribution < -0.4 is 15.4 Å². The molecule has 4 heteroatoms. The quantitative estimate of drug-likeness (QED) is 0.608. The van der Waals surface area contributed by atoms with Gasteiger partial charge < -0.3 is 15.4 Å². The van der Waals surface area contributed by atoms with E-state index in [1.165, 1.54) is 12.8 Å². The largest absolute Gasteiger partial charge is 0.475 e. The molecule has 22 heavy (non-hydrogen) atoms. The highest BCUT2D eigenvalue weighted by atomic mass is 16.5. The number of carbonyl (C=O) groups excluding carboxylic acids is 1. The molecule has 0 unspecified atom stereocenters. The molecule has 122 valence electrons. The zero-order chi connectivity index (χ0) is 16.2. The maximum atomic E-state index is 13.0. The van der Waals surface area contributed by atoms with Crippen molar-refractivity contribution in [3.63, 3.8) is 0 Å². The molecule has 1 aliphatic heterocycles. The molecule has 1 aliphatic rings. The number of ether oxygens (including phenoxy) is 1. The van der Waals surface area contributed by atoms with Crippen molar-refractivity contribution in [2.45, 2.75) is 64.9 Å². The third kappa shape index (κ3) is 2.92. The van der Waals surface area contributed by atoms with Gasteiger partial charge in [-0.05, 0) is 31.4 Å². The first-order chi connectivity index (χ1) is 10.6. The molecule has 0 spiro atoms. The number of hydrogen-bond acceptors (Lipinski definition) is 3. The van der Waals surface area contributed by atoms with Crippen molar-refractivity contribution in [2.24, 2.45) is 0 Å². The fourth-order valence-corrected chi connectivity index (χ4v) is 3.12. The normalized spacial score (nSPS) is 16.3. The standard InChI is InChI=1S/C18H28N2O2/c1-4-7-8-9-13-20-16-14(19)11-10-12-15(16)22-18(5-2,6-3)17(20)21/h10-12H,4-9,13,19H2,1-3H3. The molecule has 1 aromatic rings. The van der Waals surface area contributed by atoms with Crippen LogP contribution in [0.3, 0.4) is 0 Å². The van der Waals surface area contributed by atoms with Gasteiger partial charge in [-0.15, -0.1) is 0 Å².